The van der Waals surface area contributed by atoms with Crippen molar-refractivity contribution in [1.29, 1.82) is 0 Å². The van der Waals surface area contributed by atoms with Crippen molar-refractivity contribution in [1.82, 2.24) is 19.9 Å². The lowest BCUT2D eigenvalue weighted by molar-refractivity contribution is 0.639. The standard InChI is InChI=1S/C18H16FN5/c1-11(16-13(7-8-20-16)12-5-3-2-4-6-12)24-18-15-14(19)9-21-17(15)22-10-23-18/h2-11,20H,1H3,(H2,21,22,23,24). The second-order valence-corrected chi connectivity index (χ2v) is 5.62. The van der Waals surface area contributed by atoms with Gasteiger partial charge in [0.2, 0.25) is 0 Å². The summed E-state index contributed by atoms with van der Waals surface area (Å²) in [5.41, 5.74) is 3.73. The van der Waals surface area contributed by atoms with Gasteiger partial charge >= 0.3 is 0 Å². The van der Waals surface area contributed by atoms with Crippen LogP contribution >= 0.6 is 0 Å². The number of aromatic nitrogens is 4. The fraction of sp³-hybridized carbons (Fsp3) is 0.111. The molecule has 4 aromatic rings. The molecule has 6 heteroatoms. The van der Waals surface area contributed by atoms with E-state index in [4.69, 9.17) is 0 Å². The van der Waals surface area contributed by atoms with E-state index in [2.05, 4.69) is 37.4 Å². The van der Waals surface area contributed by atoms with Crippen LogP contribution in [0.4, 0.5) is 10.2 Å². The normalized spacial score (nSPS) is 12.4. The molecular formula is C18H16FN5. The van der Waals surface area contributed by atoms with Crippen LogP contribution in [-0.4, -0.2) is 19.9 Å². The van der Waals surface area contributed by atoms with E-state index in [1.54, 1.807) is 0 Å². The van der Waals surface area contributed by atoms with Gasteiger partial charge in [-0.05, 0) is 18.6 Å². The van der Waals surface area contributed by atoms with Gasteiger partial charge in [0.25, 0.3) is 0 Å². The molecule has 24 heavy (non-hydrogen) atoms. The molecule has 0 saturated carbocycles. The number of fused-ring (bicyclic) bond motifs is 1. The average molecular weight is 321 g/mol. The number of benzene rings is 1. The van der Waals surface area contributed by atoms with E-state index in [0.717, 1.165) is 16.8 Å². The molecule has 0 aliphatic heterocycles. The smallest absolute Gasteiger partial charge is 0.153 e. The van der Waals surface area contributed by atoms with Crippen LogP contribution in [0.2, 0.25) is 0 Å². The number of nitrogens with one attached hydrogen (secondary N) is 3. The number of halogens is 1. The number of hydrogen-bond donors (Lipinski definition) is 3. The van der Waals surface area contributed by atoms with Crippen molar-refractivity contribution in [2.24, 2.45) is 0 Å². The molecule has 1 unspecified atom stereocenters. The molecule has 0 fully saturated rings. The first kappa shape index (κ1) is 14.4. The topological polar surface area (TPSA) is 69.4 Å². The van der Waals surface area contributed by atoms with Crippen LogP contribution in [0.1, 0.15) is 18.7 Å². The van der Waals surface area contributed by atoms with Gasteiger partial charge in [-0.3, -0.25) is 0 Å². The van der Waals surface area contributed by atoms with Crippen molar-refractivity contribution in [3.05, 3.63) is 66.6 Å². The van der Waals surface area contributed by atoms with Gasteiger partial charge in [0.05, 0.1) is 11.4 Å². The number of H-pyrrole nitrogens is 2. The Balaban J connectivity index is 1.69. The van der Waals surface area contributed by atoms with E-state index in [9.17, 15) is 4.39 Å². The van der Waals surface area contributed by atoms with Crippen LogP contribution in [0, 0.1) is 5.82 Å². The fourth-order valence-electron chi connectivity index (χ4n) is 2.92. The third kappa shape index (κ3) is 2.42. The molecule has 0 aliphatic carbocycles. The van der Waals surface area contributed by atoms with Gasteiger partial charge in [-0.2, -0.15) is 0 Å². The number of anilines is 1. The lowest BCUT2D eigenvalue weighted by atomic mass is 10.0. The van der Waals surface area contributed by atoms with Gasteiger partial charge in [0.15, 0.2) is 5.82 Å². The Bertz CT molecular complexity index is 973. The SMILES string of the molecule is CC(Nc1ncnc2[nH]cc(F)c12)c1[nH]ccc1-c1ccccc1. The molecule has 5 nitrogen and oxygen atoms in total. The summed E-state index contributed by atoms with van der Waals surface area (Å²) >= 11 is 0. The minimum atomic E-state index is -0.366. The predicted octanol–water partition coefficient (Wildman–Crippen LogP) is 4.27. The van der Waals surface area contributed by atoms with E-state index in [1.807, 2.05) is 37.4 Å². The van der Waals surface area contributed by atoms with Crippen LogP contribution in [0.15, 0.2) is 55.1 Å². The fourth-order valence-corrected chi connectivity index (χ4v) is 2.92. The van der Waals surface area contributed by atoms with E-state index < -0.39 is 0 Å². The Morgan fingerprint density at radius 2 is 1.92 bits per heavy atom. The summed E-state index contributed by atoms with van der Waals surface area (Å²) < 4.78 is 14.0. The summed E-state index contributed by atoms with van der Waals surface area (Å²) in [6.07, 6.45) is 4.61. The Morgan fingerprint density at radius 3 is 2.75 bits per heavy atom. The van der Waals surface area contributed by atoms with E-state index in [-0.39, 0.29) is 11.9 Å². The Morgan fingerprint density at radius 1 is 1.08 bits per heavy atom. The second-order valence-electron chi connectivity index (χ2n) is 5.62. The van der Waals surface area contributed by atoms with Gasteiger partial charge in [0.1, 0.15) is 17.8 Å². The molecule has 0 saturated heterocycles. The van der Waals surface area contributed by atoms with Crippen LogP contribution in [0.25, 0.3) is 22.2 Å². The van der Waals surface area contributed by atoms with Crippen molar-refractivity contribution in [3.8, 4) is 11.1 Å². The third-order valence-corrected chi connectivity index (χ3v) is 4.07. The number of aromatic amines is 2. The maximum atomic E-state index is 14.0. The Kier molecular flexibility index (Phi) is 3.49. The highest BCUT2D eigenvalue weighted by Crippen LogP contribution is 2.30. The average Bonchev–Trinajstić information content (AvgIpc) is 3.24. The highest BCUT2D eigenvalue weighted by Gasteiger charge is 2.17. The Hall–Kier alpha value is -3.15. The van der Waals surface area contributed by atoms with E-state index >= 15 is 0 Å². The van der Waals surface area contributed by atoms with E-state index in [0.29, 0.717) is 16.9 Å². The summed E-state index contributed by atoms with van der Waals surface area (Å²) in [6.45, 7) is 2.01. The van der Waals surface area contributed by atoms with Gasteiger partial charge in [0, 0.05) is 23.7 Å². The zero-order valence-corrected chi connectivity index (χ0v) is 13.0. The van der Waals surface area contributed by atoms with Gasteiger partial charge < -0.3 is 15.3 Å². The molecule has 4 rings (SSSR count). The van der Waals surface area contributed by atoms with Crippen molar-refractivity contribution >= 4 is 16.9 Å². The third-order valence-electron chi connectivity index (χ3n) is 4.07. The summed E-state index contributed by atoms with van der Waals surface area (Å²) in [5.74, 6) is 0.106. The zero-order valence-electron chi connectivity index (χ0n) is 13.0. The van der Waals surface area contributed by atoms with Crippen LogP contribution in [0.5, 0.6) is 0 Å². The van der Waals surface area contributed by atoms with E-state index in [1.165, 1.54) is 12.5 Å². The molecule has 1 atom stereocenters. The lowest BCUT2D eigenvalue weighted by Crippen LogP contribution is -2.10. The molecule has 3 aromatic heterocycles. The predicted molar refractivity (Wildman–Crippen MR) is 92.1 cm³/mol. The van der Waals surface area contributed by atoms with Crippen LogP contribution in [-0.2, 0) is 0 Å². The lowest BCUT2D eigenvalue weighted by Gasteiger charge is -2.16. The molecule has 0 aliphatic rings. The molecule has 0 radical (unpaired) electrons. The van der Waals surface area contributed by atoms with Crippen molar-refractivity contribution in [3.63, 3.8) is 0 Å². The maximum absolute atomic E-state index is 14.0. The first-order valence-electron chi connectivity index (χ1n) is 7.71. The van der Waals surface area contributed by atoms with Crippen LogP contribution in [0.3, 0.4) is 0 Å². The van der Waals surface area contributed by atoms with Gasteiger partial charge in [-0.25, -0.2) is 14.4 Å². The minimum absolute atomic E-state index is 0.0809. The molecule has 0 spiro atoms. The summed E-state index contributed by atoms with van der Waals surface area (Å²) in [5, 5.41) is 3.65. The monoisotopic (exact) mass is 321 g/mol. The number of rotatable bonds is 4. The second kappa shape index (κ2) is 5.81. The molecule has 3 N–H and O–H groups in total. The zero-order chi connectivity index (χ0) is 16.5. The Labute approximate surface area is 138 Å². The summed E-state index contributed by atoms with van der Waals surface area (Å²) in [6, 6.07) is 12.1. The van der Waals surface area contributed by atoms with Crippen LogP contribution < -0.4 is 5.32 Å². The summed E-state index contributed by atoms with van der Waals surface area (Å²) in [4.78, 5) is 14.3. The minimum Gasteiger partial charge on any atom is -0.363 e. The quantitative estimate of drug-likeness (QED) is 0.526. The molecule has 1 aromatic carbocycles. The highest BCUT2D eigenvalue weighted by atomic mass is 19.1. The van der Waals surface area contributed by atoms with Gasteiger partial charge in [-0.1, -0.05) is 30.3 Å². The first-order chi connectivity index (χ1) is 11.7. The molecule has 0 bridgehead atoms. The summed E-state index contributed by atoms with van der Waals surface area (Å²) in [7, 11) is 0. The number of hydrogen-bond acceptors (Lipinski definition) is 3. The molecule has 3 heterocycles. The first-order valence-corrected chi connectivity index (χ1v) is 7.71. The van der Waals surface area contributed by atoms with Crippen molar-refractivity contribution < 1.29 is 4.39 Å². The highest BCUT2D eigenvalue weighted by molar-refractivity contribution is 5.87. The molecule has 0 amide bonds. The number of nitrogens with zero attached hydrogens (tertiary/aromatic N) is 2. The maximum Gasteiger partial charge on any atom is 0.153 e. The largest absolute Gasteiger partial charge is 0.363 e. The molecule has 120 valence electrons. The van der Waals surface area contributed by atoms with Gasteiger partial charge in [-0.15, -0.1) is 0 Å². The van der Waals surface area contributed by atoms with Crippen molar-refractivity contribution in [2.45, 2.75) is 13.0 Å². The van der Waals surface area contributed by atoms with Crippen molar-refractivity contribution in [2.75, 3.05) is 5.32 Å². The molecular weight excluding hydrogens is 305 g/mol.